The Morgan fingerprint density at radius 3 is 2.33 bits per heavy atom. The van der Waals surface area contributed by atoms with E-state index in [1.165, 1.54) is 18.2 Å². The molecule has 1 fully saturated rings. The second kappa shape index (κ2) is 6.39. The predicted molar refractivity (Wildman–Crippen MR) is 69.9 cm³/mol. The van der Waals surface area contributed by atoms with Crippen molar-refractivity contribution >= 4 is 23.5 Å². The molecule has 0 radical (unpaired) electrons. The van der Waals surface area contributed by atoms with Crippen LogP contribution >= 0.6 is 0 Å². The molecule has 0 aliphatic heterocycles. The van der Waals surface area contributed by atoms with Gasteiger partial charge in [-0.15, -0.1) is 0 Å². The van der Waals surface area contributed by atoms with Gasteiger partial charge in [-0.2, -0.15) is 0 Å². The van der Waals surface area contributed by atoms with Gasteiger partial charge in [0.05, 0.1) is 5.97 Å². The van der Waals surface area contributed by atoms with Gasteiger partial charge in [-0.05, 0) is 30.5 Å². The van der Waals surface area contributed by atoms with Gasteiger partial charge in [-0.3, -0.25) is 4.79 Å². The highest BCUT2D eigenvalue weighted by Crippen LogP contribution is 2.30. The SMILES string of the molecule is O=C([O-])c1cccc(NC(=O)[C@@H]2CCCC[C@H]2C(=O)[O-])c1. The first kappa shape index (κ1) is 15.0. The van der Waals surface area contributed by atoms with Crippen LogP contribution < -0.4 is 15.5 Å². The predicted octanol–water partition coefficient (Wildman–Crippen LogP) is -0.455. The van der Waals surface area contributed by atoms with Crippen LogP contribution in [-0.4, -0.2) is 17.8 Å². The van der Waals surface area contributed by atoms with E-state index in [9.17, 15) is 24.6 Å². The minimum absolute atomic E-state index is 0.0482. The molecular weight excluding hydrogens is 274 g/mol. The van der Waals surface area contributed by atoms with Crippen molar-refractivity contribution < 1.29 is 24.6 Å². The van der Waals surface area contributed by atoms with Crippen LogP contribution in [0.2, 0.25) is 0 Å². The summed E-state index contributed by atoms with van der Waals surface area (Å²) in [5.41, 5.74) is 0.261. The third-order valence-corrected chi connectivity index (χ3v) is 3.77. The fourth-order valence-corrected chi connectivity index (χ4v) is 2.69. The van der Waals surface area contributed by atoms with E-state index in [-0.39, 0.29) is 5.56 Å². The summed E-state index contributed by atoms with van der Waals surface area (Å²) < 4.78 is 0. The lowest BCUT2D eigenvalue weighted by atomic mass is 9.78. The number of benzene rings is 1. The van der Waals surface area contributed by atoms with Crippen LogP contribution in [0.1, 0.15) is 36.0 Å². The van der Waals surface area contributed by atoms with Crippen LogP contribution in [0.25, 0.3) is 0 Å². The molecule has 1 saturated carbocycles. The molecule has 0 unspecified atom stereocenters. The number of anilines is 1. The highest BCUT2D eigenvalue weighted by molar-refractivity contribution is 5.96. The summed E-state index contributed by atoms with van der Waals surface area (Å²) in [5, 5.41) is 24.4. The molecule has 0 aromatic heterocycles. The Labute approximate surface area is 121 Å². The summed E-state index contributed by atoms with van der Waals surface area (Å²) in [4.78, 5) is 34.1. The van der Waals surface area contributed by atoms with Crippen LogP contribution in [0.3, 0.4) is 0 Å². The molecule has 0 heterocycles. The monoisotopic (exact) mass is 289 g/mol. The number of nitrogens with one attached hydrogen (secondary N) is 1. The Morgan fingerprint density at radius 2 is 1.71 bits per heavy atom. The van der Waals surface area contributed by atoms with Crippen LogP contribution in [0.5, 0.6) is 0 Å². The molecule has 2 rings (SSSR count). The second-order valence-corrected chi connectivity index (χ2v) is 5.17. The van der Waals surface area contributed by atoms with Crippen LogP contribution in [-0.2, 0) is 9.59 Å². The van der Waals surface area contributed by atoms with Crippen LogP contribution in [0, 0.1) is 11.8 Å². The first-order valence-corrected chi connectivity index (χ1v) is 6.82. The van der Waals surface area contributed by atoms with E-state index in [0.717, 1.165) is 12.8 Å². The molecule has 21 heavy (non-hydrogen) atoms. The third-order valence-electron chi connectivity index (χ3n) is 3.77. The van der Waals surface area contributed by atoms with Crippen LogP contribution in [0.4, 0.5) is 5.69 Å². The maximum absolute atomic E-state index is 12.2. The molecule has 1 aliphatic carbocycles. The Balaban J connectivity index is 2.11. The quantitative estimate of drug-likeness (QED) is 0.807. The van der Waals surface area contributed by atoms with E-state index in [1.807, 2.05) is 0 Å². The number of carboxylic acid groups (broad SMARTS) is 2. The van der Waals surface area contributed by atoms with Crippen molar-refractivity contribution in [2.24, 2.45) is 11.8 Å². The number of amides is 1. The number of hydrogen-bond donors (Lipinski definition) is 1. The molecule has 1 amide bonds. The lowest BCUT2D eigenvalue weighted by Gasteiger charge is -2.31. The highest BCUT2D eigenvalue weighted by atomic mass is 16.4. The van der Waals surface area contributed by atoms with E-state index in [2.05, 4.69) is 5.32 Å². The summed E-state index contributed by atoms with van der Waals surface area (Å²) in [7, 11) is 0. The van der Waals surface area contributed by atoms with Gasteiger partial charge in [-0.25, -0.2) is 0 Å². The van der Waals surface area contributed by atoms with E-state index in [0.29, 0.717) is 18.5 Å². The standard InChI is InChI=1S/C15H17NO5/c17-13(11-6-1-2-7-12(11)15(20)21)16-10-5-3-4-9(8-10)14(18)19/h3-5,8,11-12H,1-2,6-7H2,(H,16,17)(H,18,19)(H,20,21)/p-2/t11-,12-/m1/s1. The van der Waals surface area contributed by atoms with Crippen molar-refractivity contribution in [3.05, 3.63) is 29.8 Å². The lowest BCUT2D eigenvalue weighted by molar-refractivity contribution is -0.313. The van der Waals surface area contributed by atoms with E-state index in [4.69, 9.17) is 0 Å². The van der Waals surface area contributed by atoms with Crippen molar-refractivity contribution in [3.63, 3.8) is 0 Å². The molecular formula is C15H15NO5-2. The average molecular weight is 289 g/mol. The maximum atomic E-state index is 12.2. The zero-order chi connectivity index (χ0) is 15.4. The number of carbonyl (C=O) groups excluding carboxylic acids is 3. The number of aliphatic carboxylic acids is 1. The van der Waals surface area contributed by atoms with Gasteiger partial charge < -0.3 is 25.1 Å². The molecule has 1 aromatic rings. The van der Waals surface area contributed by atoms with Gasteiger partial charge in [0.2, 0.25) is 5.91 Å². The first-order chi connectivity index (χ1) is 9.99. The molecule has 2 atom stereocenters. The van der Waals surface area contributed by atoms with E-state index >= 15 is 0 Å². The molecule has 0 saturated heterocycles. The summed E-state index contributed by atoms with van der Waals surface area (Å²) in [6.07, 6.45) is 2.48. The Kier molecular flexibility index (Phi) is 4.57. The molecule has 6 heteroatoms. The van der Waals surface area contributed by atoms with Crippen molar-refractivity contribution in [1.82, 2.24) is 0 Å². The van der Waals surface area contributed by atoms with E-state index in [1.54, 1.807) is 6.07 Å². The van der Waals surface area contributed by atoms with Gasteiger partial charge in [0.15, 0.2) is 0 Å². The summed E-state index contributed by atoms with van der Waals surface area (Å²) in [5.74, 6) is -4.40. The molecule has 112 valence electrons. The topological polar surface area (TPSA) is 109 Å². The van der Waals surface area contributed by atoms with E-state index < -0.39 is 29.7 Å². The maximum Gasteiger partial charge on any atom is 0.228 e. The minimum atomic E-state index is -1.34. The average Bonchev–Trinajstić information content (AvgIpc) is 2.47. The van der Waals surface area contributed by atoms with Crippen molar-refractivity contribution in [1.29, 1.82) is 0 Å². The lowest BCUT2D eigenvalue weighted by Crippen LogP contribution is -2.42. The number of rotatable bonds is 4. The van der Waals surface area contributed by atoms with Crippen molar-refractivity contribution in [3.8, 4) is 0 Å². The summed E-state index contributed by atoms with van der Waals surface area (Å²) in [6, 6.07) is 5.67. The number of aromatic carboxylic acids is 1. The highest BCUT2D eigenvalue weighted by Gasteiger charge is 2.31. The zero-order valence-corrected chi connectivity index (χ0v) is 11.3. The van der Waals surface area contributed by atoms with Gasteiger partial charge in [0.25, 0.3) is 0 Å². The number of carbonyl (C=O) groups is 3. The number of hydrogen-bond acceptors (Lipinski definition) is 5. The molecule has 1 N–H and O–H groups in total. The third kappa shape index (κ3) is 3.59. The van der Waals surface area contributed by atoms with Gasteiger partial charge in [0, 0.05) is 23.5 Å². The first-order valence-electron chi connectivity index (χ1n) is 6.82. The Bertz CT molecular complexity index is 569. The fraction of sp³-hybridized carbons (Fsp3) is 0.400. The summed E-state index contributed by atoms with van der Waals surface area (Å²) in [6.45, 7) is 0. The Morgan fingerprint density at radius 1 is 1.05 bits per heavy atom. The Hall–Kier alpha value is -2.37. The summed E-state index contributed by atoms with van der Waals surface area (Å²) >= 11 is 0. The molecule has 0 spiro atoms. The van der Waals surface area contributed by atoms with Crippen LogP contribution in [0.15, 0.2) is 24.3 Å². The second-order valence-electron chi connectivity index (χ2n) is 5.17. The normalized spacial score (nSPS) is 21.5. The molecule has 1 aromatic carbocycles. The zero-order valence-electron chi connectivity index (χ0n) is 11.3. The van der Waals surface area contributed by atoms with Gasteiger partial charge in [0.1, 0.15) is 0 Å². The van der Waals surface area contributed by atoms with Crippen molar-refractivity contribution in [2.75, 3.05) is 5.32 Å². The smallest absolute Gasteiger partial charge is 0.228 e. The van der Waals surface area contributed by atoms with Gasteiger partial charge >= 0.3 is 0 Å². The molecule has 6 nitrogen and oxygen atoms in total. The minimum Gasteiger partial charge on any atom is -0.550 e. The molecule has 1 aliphatic rings. The largest absolute Gasteiger partial charge is 0.550 e. The fourth-order valence-electron chi connectivity index (χ4n) is 2.69. The van der Waals surface area contributed by atoms with Gasteiger partial charge in [-0.1, -0.05) is 25.0 Å². The molecule has 0 bridgehead atoms. The number of carboxylic acids is 2. The van der Waals surface area contributed by atoms with Crippen molar-refractivity contribution in [2.45, 2.75) is 25.7 Å².